The minimum atomic E-state index is -0.331. The summed E-state index contributed by atoms with van der Waals surface area (Å²) in [5.74, 6) is 0.618. The summed E-state index contributed by atoms with van der Waals surface area (Å²) in [4.78, 5) is 14.2. The number of hydrogen-bond donors (Lipinski definition) is 1. The first-order valence-electron chi connectivity index (χ1n) is 11.1. The van der Waals surface area contributed by atoms with Crippen molar-refractivity contribution < 1.29 is 9.13 Å². The first-order chi connectivity index (χ1) is 16.5. The molecule has 1 saturated heterocycles. The van der Waals surface area contributed by atoms with Crippen LogP contribution in [0.15, 0.2) is 48.5 Å². The SMILES string of the molecule is COCCN1CCN(c2nc(-c3ccccc3Cl)c3c(N)n(-c4ccc(F)cc4)nc3n2)CC1. The van der Waals surface area contributed by atoms with Gasteiger partial charge in [0.05, 0.1) is 23.4 Å². The molecule has 10 heteroatoms. The molecule has 2 aromatic heterocycles. The number of rotatable bonds is 6. The smallest absolute Gasteiger partial charge is 0.228 e. The summed E-state index contributed by atoms with van der Waals surface area (Å²) in [5.41, 5.74) is 9.01. The molecule has 0 saturated carbocycles. The van der Waals surface area contributed by atoms with Gasteiger partial charge in [-0.05, 0) is 30.3 Å². The number of fused-ring (bicyclic) bond motifs is 1. The van der Waals surface area contributed by atoms with Crippen molar-refractivity contribution in [3.8, 4) is 16.9 Å². The maximum absolute atomic E-state index is 13.5. The van der Waals surface area contributed by atoms with Gasteiger partial charge in [-0.2, -0.15) is 4.98 Å². The van der Waals surface area contributed by atoms with Gasteiger partial charge in [0.15, 0.2) is 5.65 Å². The van der Waals surface area contributed by atoms with Crippen LogP contribution in [0.1, 0.15) is 0 Å². The van der Waals surface area contributed by atoms with Gasteiger partial charge >= 0.3 is 0 Å². The van der Waals surface area contributed by atoms with Crippen molar-refractivity contribution >= 4 is 34.4 Å². The third-order valence-electron chi connectivity index (χ3n) is 6.02. The molecule has 2 aromatic carbocycles. The van der Waals surface area contributed by atoms with Gasteiger partial charge in [-0.15, -0.1) is 5.10 Å². The predicted octanol–water partition coefficient (Wildman–Crippen LogP) is 3.63. The molecule has 0 atom stereocenters. The van der Waals surface area contributed by atoms with E-state index < -0.39 is 0 Å². The molecule has 0 spiro atoms. The van der Waals surface area contributed by atoms with Crippen molar-refractivity contribution in [3.63, 3.8) is 0 Å². The van der Waals surface area contributed by atoms with Gasteiger partial charge in [-0.25, -0.2) is 14.1 Å². The molecule has 34 heavy (non-hydrogen) atoms. The zero-order valence-corrected chi connectivity index (χ0v) is 19.5. The summed E-state index contributed by atoms with van der Waals surface area (Å²) < 4.78 is 20.2. The largest absolute Gasteiger partial charge is 0.383 e. The molecule has 0 aliphatic carbocycles. The van der Waals surface area contributed by atoms with E-state index in [1.54, 1.807) is 23.9 Å². The van der Waals surface area contributed by atoms with E-state index in [-0.39, 0.29) is 5.82 Å². The monoisotopic (exact) mass is 481 g/mol. The molecular weight excluding hydrogens is 457 g/mol. The number of benzene rings is 2. The highest BCUT2D eigenvalue weighted by atomic mass is 35.5. The maximum Gasteiger partial charge on any atom is 0.228 e. The van der Waals surface area contributed by atoms with Crippen molar-refractivity contribution in [1.29, 1.82) is 0 Å². The predicted molar refractivity (Wildman–Crippen MR) is 132 cm³/mol. The average molecular weight is 482 g/mol. The molecule has 1 fully saturated rings. The van der Waals surface area contributed by atoms with E-state index in [0.717, 1.165) is 38.3 Å². The molecule has 0 bridgehead atoms. The number of nitrogens with two attached hydrogens (primary N) is 1. The molecular formula is C24H25ClFN7O. The lowest BCUT2D eigenvalue weighted by Gasteiger charge is -2.34. The Balaban J connectivity index is 1.60. The van der Waals surface area contributed by atoms with Gasteiger partial charge in [0, 0.05) is 50.4 Å². The summed E-state index contributed by atoms with van der Waals surface area (Å²) in [5, 5.41) is 5.83. The highest BCUT2D eigenvalue weighted by Crippen LogP contribution is 2.36. The van der Waals surface area contributed by atoms with Crippen LogP contribution in [-0.4, -0.2) is 71.1 Å². The van der Waals surface area contributed by atoms with Gasteiger partial charge in [-0.1, -0.05) is 29.8 Å². The molecule has 0 radical (unpaired) electrons. The summed E-state index contributed by atoms with van der Waals surface area (Å²) in [6.07, 6.45) is 0. The summed E-state index contributed by atoms with van der Waals surface area (Å²) >= 11 is 6.56. The van der Waals surface area contributed by atoms with Crippen LogP contribution in [0.4, 0.5) is 16.2 Å². The van der Waals surface area contributed by atoms with Gasteiger partial charge in [-0.3, -0.25) is 4.90 Å². The fraction of sp³-hybridized carbons (Fsp3) is 0.292. The molecule has 8 nitrogen and oxygen atoms in total. The number of ether oxygens (including phenoxy) is 1. The van der Waals surface area contributed by atoms with Gasteiger partial charge < -0.3 is 15.4 Å². The Kier molecular flexibility index (Phi) is 6.32. The van der Waals surface area contributed by atoms with Crippen LogP contribution in [0, 0.1) is 5.82 Å². The van der Waals surface area contributed by atoms with Gasteiger partial charge in [0.1, 0.15) is 11.6 Å². The summed E-state index contributed by atoms with van der Waals surface area (Å²) in [7, 11) is 1.71. The van der Waals surface area contributed by atoms with Gasteiger partial charge in [0.25, 0.3) is 0 Å². The lowest BCUT2D eigenvalue weighted by atomic mass is 10.1. The summed E-state index contributed by atoms with van der Waals surface area (Å²) in [6.45, 7) is 4.94. The van der Waals surface area contributed by atoms with Crippen LogP contribution in [0.5, 0.6) is 0 Å². The number of methoxy groups -OCH3 is 1. The fourth-order valence-electron chi connectivity index (χ4n) is 4.16. The van der Waals surface area contributed by atoms with E-state index in [4.69, 9.17) is 32.0 Å². The van der Waals surface area contributed by atoms with Gasteiger partial charge in [0.2, 0.25) is 5.95 Å². The second kappa shape index (κ2) is 9.54. The zero-order valence-electron chi connectivity index (χ0n) is 18.8. The molecule has 1 aliphatic heterocycles. The number of anilines is 2. The molecule has 3 heterocycles. The van der Waals surface area contributed by atoms with Crippen LogP contribution in [0.2, 0.25) is 5.02 Å². The van der Waals surface area contributed by atoms with Crippen molar-refractivity contribution in [1.82, 2.24) is 24.6 Å². The highest BCUT2D eigenvalue weighted by Gasteiger charge is 2.24. The first-order valence-corrected chi connectivity index (χ1v) is 11.5. The topological polar surface area (TPSA) is 85.3 Å². The quantitative estimate of drug-likeness (QED) is 0.450. The first kappa shape index (κ1) is 22.5. The van der Waals surface area contributed by atoms with Crippen LogP contribution < -0.4 is 10.6 Å². The van der Waals surface area contributed by atoms with Crippen molar-refractivity contribution in [3.05, 3.63) is 59.4 Å². The Hall–Kier alpha value is -3.27. The Labute approximate surface area is 201 Å². The van der Waals surface area contributed by atoms with Crippen LogP contribution in [0.3, 0.4) is 0 Å². The van der Waals surface area contributed by atoms with E-state index in [0.29, 0.717) is 45.8 Å². The molecule has 1 aliphatic rings. The van der Waals surface area contributed by atoms with E-state index in [1.807, 2.05) is 24.3 Å². The minimum absolute atomic E-state index is 0.331. The third-order valence-corrected chi connectivity index (χ3v) is 6.35. The molecule has 5 rings (SSSR count). The second-order valence-electron chi connectivity index (χ2n) is 8.15. The Bertz CT molecular complexity index is 1300. The van der Waals surface area contributed by atoms with Crippen molar-refractivity contribution in [2.45, 2.75) is 0 Å². The minimum Gasteiger partial charge on any atom is -0.383 e. The van der Waals surface area contributed by atoms with Crippen molar-refractivity contribution in [2.24, 2.45) is 0 Å². The Morgan fingerprint density at radius 1 is 1.03 bits per heavy atom. The van der Waals surface area contributed by atoms with E-state index in [9.17, 15) is 4.39 Å². The lowest BCUT2D eigenvalue weighted by Crippen LogP contribution is -2.47. The number of nitrogen functional groups attached to an aromatic ring is 1. The lowest BCUT2D eigenvalue weighted by molar-refractivity contribution is 0.144. The zero-order chi connectivity index (χ0) is 23.7. The molecule has 0 unspecified atom stereocenters. The Morgan fingerprint density at radius 2 is 1.76 bits per heavy atom. The molecule has 0 amide bonds. The molecule has 4 aromatic rings. The van der Waals surface area contributed by atoms with Crippen LogP contribution in [0.25, 0.3) is 28.0 Å². The van der Waals surface area contributed by atoms with E-state index >= 15 is 0 Å². The number of piperazine rings is 1. The van der Waals surface area contributed by atoms with Crippen LogP contribution >= 0.6 is 11.6 Å². The highest BCUT2D eigenvalue weighted by molar-refractivity contribution is 6.33. The van der Waals surface area contributed by atoms with Crippen LogP contribution in [-0.2, 0) is 4.74 Å². The molecule has 2 N–H and O–H groups in total. The molecule has 176 valence electrons. The van der Waals surface area contributed by atoms with Crippen molar-refractivity contribution in [2.75, 3.05) is 57.1 Å². The number of aromatic nitrogens is 4. The van der Waals surface area contributed by atoms with E-state index in [1.165, 1.54) is 12.1 Å². The van der Waals surface area contributed by atoms with E-state index in [2.05, 4.69) is 14.9 Å². The summed E-state index contributed by atoms with van der Waals surface area (Å²) in [6, 6.07) is 13.5. The standard InChI is InChI=1S/C24H25ClFN7O/c1-34-15-14-31-10-12-32(13-11-31)24-28-21(18-4-2-3-5-19(18)25)20-22(27)33(30-23(20)29-24)17-8-6-16(26)7-9-17/h2-9H,10-15,27H2,1H3. The number of nitrogens with zero attached hydrogens (tertiary/aromatic N) is 6. The number of hydrogen-bond acceptors (Lipinski definition) is 7. The number of halogens is 2. The average Bonchev–Trinajstić information content (AvgIpc) is 3.19. The Morgan fingerprint density at radius 3 is 2.47 bits per heavy atom. The maximum atomic E-state index is 13.5. The normalized spacial score (nSPS) is 14.7. The second-order valence-corrected chi connectivity index (χ2v) is 8.55. The fourth-order valence-corrected chi connectivity index (χ4v) is 4.39. The third kappa shape index (κ3) is 4.29.